The fraction of sp³-hybridized carbons (Fsp3) is 0.455. The molecular formula is C11H14ClN3O3S. The highest BCUT2D eigenvalue weighted by molar-refractivity contribution is 7.91. The second kappa shape index (κ2) is 4.64. The molecule has 1 amide bonds. The molecule has 1 atom stereocenters. The molecule has 2 rings (SSSR count). The van der Waals surface area contributed by atoms with Crippen molar-refractivity contribution in [3.8, 4) is 0 Å². The Morgan fingerprint density at radius 2 is 2.21 bits per heavy atom. The van der Waals surface area contributed by atoms with Crippen LogP contribution in [-0.4, -0.2) is 36.4 Å². The Morgan fingerprint density at radius 1 is 1.53 bits per heavy atom. The number of rotatable bonds is 2. The molecular weight excluding hydrogens is 290 g/mol. The molecule has 1 aromatic heterocycles. The van der Waals surface area contributed by atoms with Crippen LogP contribution >= 0.6 is 11.6 Å². The van der Waals surface area contributed by atoms with Crippen LogP contribution in [0.2, 0.25) is 5.15 Å². The van der Waals surface area contributed by atoms with E-state index in [0.717, 1.165) is 0 Å². The van der Waals surface area contributed by atoms with Crippen LogP contribution in [0.4, 0.5) is 5.82 Å². The number of nitrogen functional groups attached to an aromatic ring is 1. The monoisotopic (exact) mass is 303 g/mol. The van der Waals surface area contributed by atoms with Gasteiger partial charge in [0.25, 0.3) is 5.91 Å². The highest BCUT2D eigenvalue weighted by Crippen LogP contribution is 2.23. The van der Waals surface area contributed by atoms with Crippen LogP contribution in [0.5, 0.6) is 0 Å². The normalized spacial score (nSPS) is 25.2. The Morgan fingerprint density at radius 3 is 2.74 bits per heavy atom. The molecule has 6 nitrogen and oxygen atoms in total. The van der Waals surface area contributed by atoms with Crippen LogP contribution in [-0.2, 0) is 9.84 Å². The largest absolute Gasteiger partial charge is 0.384 e. The number of nitrogens with one attached hydrogen (secondary N) is 1. The first-order valence-corrected chi connectivity index (χ1v) is 7.85. The number of sulfone groups is 1. The molecule has 2 heterocycles. The lowest BCUT2D eigenvalue weighted by Crippen LogP contribution is -2.46. The molecule has 0 radical (unpaired) electrons. The number of hydrogen-bond donors (Lipinski definition) is 2. The van der Waals surface area contributed by atoms with Crippen LogP contribution in [0, 0.1) is 0 Å². The van der Waals surface area contributed by atoms with E-state index >= 15 is 0 Å². The van der Waals surface area contributed by atoms with Crippen molar-refractivity contribution in [1.29, 1.82) is 0 Å². The maximum absolute atomic E-state index is 12.1. The van der Waals surface area contributed by atoms with Crippen molar-refractivity contribution in [1.82, 2.24) is 10.3 Å². The van der Waals surface area contributed by atoms with E-state index in [4.69, 9.17) is 17.3 Å². The number of halogens is 1. The van der Waals surface area contributed by atoms with Gasteiger partial charge in [-0.1, -0.05) is 11.6 Å². The van der Waals surface area contributed by atoms with E-state index in [1.54, 1.807) is 6.92 Å². The minimum absolute atomic E-state index is 0.0555. The Bertz CT molecular complexity index is 612. The van der Waals surface area contributed by atoms with Gasteiger partial charge in [-0.05, 0) is 25.5 Å². The van der Waals surface area contributed by atoms with Gasteiger partial charge in [-0.2, -0.15) is 0 Å². The number of pyridine rings is 1. The van der Waals surface area contributed by atoms with Crippen molar-refractivity contribution >= 4 is 33.2 Å². The fourth-order valence-corrected chi connectivity index (χ4v) is 4.41. The predicted octanol–water partition coefficient (Wildman–Crippen LogP) is 0.624. The number of nitrogens with two attached hydrogens (primary N) is 1. The van der Waals surface area contributed by atoms with E-state index < -0.39 is 21.3 Å². The summed E-state index contributed by atoms with van der Waals surface area (Å²) in [5.74, 6) is -0.235. The Hall–Kier alpha value is -1.34. The smallest absolute Gasteiger partial charge is 0.251 e. The number of nitrogens with zero attached hydrogens (tertiary/aromatic N) is 1. The molecule has 1 aliphatic heterocycles. The van der Waals surface area contributed by atoms with E-state index in [1.165, 1.54) is 12.1 Å². The summed E-state index contributed by atoms with van der Waals surface area (Å²) in [7, 11) is -3.08. The topological polar surface area (TPSA) is 102 Å². The van der Waals surface area contributed by atoms with Crippen molar-refractivity contribution in [2.45, 2.75) is 18.9 Å². The maximum Gasteiger partial charge on any atom is 0.251 e. The predicted molar refractivity (Wildman–Crippen MR) is 72.8 cm³/mol. The molecule has 3 N–H and O–H groups in total. The Kier molecular flexibility index (Phi) is 3.44. The van der Waals surface area contributed by atoms with E-state index in [-0.39, 0.29) is 28.0 Å². The van der Waals surface area contributed by atoms with Gasteiger partial charge in [0.05, 0.1) is 17.0 Å². The molecule has 1 fully saturated rings. The lowest BCUT2D eigenvalue weighted by molar-refractivity contribution is 0.0915. The molecule has 0 saturated carbocycles. The lowest BCUT2D eigenvalue weighted by Gasteiger charge is -2.23. The summed E-state index contributed by atoms with van der Waals surface area (Å²) in [6.45, 7) is 1.71. The second-order valence-corrected chi connectivity index (χ2v) is 7.53. The Labute approximate surface area is 116 Å². The lowest BCUT2D eigenvalue weighted by atomic mass is 10.0. The molecule has 1 aliphatic rings. The molecule has 104 valence electrons. The third kappa shape index (κ3) is 3.36. The molecule has 1 saturated heterocycles. The molecule has 0 spiro atoms. The third-order valence-corrected chi connectivity index (χ3v) is 5.09. The van der Waals surface area contributed by atoms with Crippen LogP contribution in [0.3, 0.4) is 0 Å². The first kappa shape index (κ1) is 14.1. The van der Waals surface area contributed by atoms with E-state index in [0.29, 0.717) is 6.42 Å². The quantitative estimate of drug-likeness (QED) is 0.780. The number of aromatic nitrogens is 1. The number of carbonyl (C=O) groups is 1. The van der Waals surface area contributed by atoms with Crippen molar-refractivity contribution in [2.75, 3.05) is 17.2 Å². The molecule has 8 heteroatoms. The number of amides is 1. The van der Waals surface area contributed by atoms with E-state index in [2.05, 4.69) is 10.3 Å². The molecule has 1 aromatic rings. The molecule has 0 aliphatic carbocycles. The first-order valence-electron chi connectivity index (χ1n) is 5.65. The van der Waals surface area contributed by atoms with Gasteiger partial charge in [0, 0.05) is 5.56 Å². The summed E-state index contributed by atoms with van der Waals surface area (Å²) in [6.07, 6.45) is 0.398. The number of anilines is 1. The van der Waals surface area contributed by atoms with Crippen molar-refractivity contribution in [3.05, 3.63) is 22.8 Å². The summed E-state index contributed by atoms with van der Waals surface area (Å²) in [6, 6.07) is 2.79. The average molecular weight is 304 g/mol. The zero-order valence-corrected chi connectivity index (χ0v) is 11.9. The molecule has 0 aromatic carbocycles. The van der Waals surface area contributed by atoms with Gasteiger partial charge < -0.3 is 11.1 Å². The van der Waals surface area contributed by atoms with Crippen LogP contribution in [0.15, 0.2) is 12.1 Å². The van der Waals surface area contributed by atoms with Gasteiger partial charge in [0.2, 0.25) is 0 Å². The van der Waals surface area contributed by atoms with Gasteiger partial charge in [0.1, 0.15) is 11.0 Å². The zero-order chi connectivity index (χ0) is 14.3. The summed E-state index contributed by atoms with van der Waals surface area (Å²) >= 11 is 5.72. The minimum Gasteiger partial charge on any atom is -0.384 e. The molecule has 19 heavy (non-hydrogen) atoms. The standard InChI is InChI=1S/C11H14ClN3O3S/c1-11(2-3-19(17,18)6-11)15-10(16)7-4-8(12)14-9(13)5-7/h4-5H,2-3,6H2,1H3,(H2,13,14)(H,15,16). The highest BCUT2D eigenvalue weighted by atomic mass is 35.5. The van der Waals surface area contributed by atoms with Gasteiger partial charge in [-0.15, -0.1) is 0 Å². The van der Waals surface area contributed by atoms with Gasteiger partial charge in [0.15, 0.2) is 9.84 Å². The SMILES string of the molecule is CC1(NC(=O)c2cc(N)nc(Cl)c2)CCS(=O)(=O)C1. The maximum atomic E-state index is 12.1. The van der Waals surface area contributed by atoms with Gasteiger partial charge in [-0.25, -0.2) is 13.4 Å². The second-order valence-electron chi connectivity index (χ2n) is 4.96. The first-order chi connectivity index (χ1) is 8.69. The van der Waals surface area contributed by atoms with Gasteiger partial charge in [-0.3, -0.25) is 4.79 Å². The summed E-state index contributed by atoms with van der Waals surface area (Å²) in [4.78, 5) is 15.8. The minimum atomic E-state index is -3.08. The Balaban J connectivity index is 2.18. The average Bonchev–Trinajstić information content (AvgIpc) is 2.51. The summed E-state index contributed by atoms with van der Waals surface area (Å²) < 4.78 is 22.9. The molecule has 0 bridgehead atoms. The fourth-order valence-electron chi connectivity index (χ4n) is 2.10. The number of hydrogen-bond acceptors (Lipinski definition) is 5. The van der Waals surface area contributed by atoms with Gasteiger partial charge >= 0.3 is 0 Å². The number of carbonyl (C=O) groups excluding carboxylic acids is 1. The van der Waals surface area contributed by atoms with E-state index in [1.807, 2.05) is 0 Å². The third-order valence-electron chi connectivity index (χ3n) is 2.99. The summed E-state index contributed by atoms with van der Waals surface area (Å²) in [5.41, 5.74) is 5.03. The van der Waals surface area contributed by atoms with Crippen LogP contribution in [0.25, 0.3) is 0 Å². The van der Waals surface area contributed by atoms with Crippen LogP contribution < -0.4 is 11.1 Å². The summed E-state index contributed by atoms with van der Waals surface area (Å²) in [5, 5.41) is 2.84. The molecule has 1 unspecified atom stereocenters. The van der Waals surface area contributed by atoms with Crippen molar-refractivity contribution < 1.29 is 13.2 Å². The zero-order valence-electron chi connectivity index (χ0n) is 10.3. The van der Waals surface area contributed by atoms with Crippen LogP contribution in [0.1, 0.15) is 23.7 Å². The highest BCUT2D eigenvalue weighted by Gasteiger charge is 2.39. The van der Waals surface area contributed by atoms with Crippen molar-refractivity contribution in [3.63, 3.8) is 0 Å². The van der Waals surface area contributed by atoms with Crippen molar-refractivity contribution in [2.24, 2.45) is 0 Å². The van der Waals surface area contributed by atoms with E-state index in [9.17, 15) is 13.2 Å².